The molecule has 2 amide bonds. The zero-order valence-electron chi connectivity index (χ0n) is 20.2. The van der Waals surface area contributed by atoms with Crippen LogP contribution in [0.5, 0.6) is 0 Å². The highest BCUT2D eigenvalue weighted by Gasteiger charge is 2.34. The van der Waals surface area contributed by atoms with Gasteiger partial charge < -0.3 is 9.73 Å². The van der Waals surface area contributed by atoms with Crippen LogP contribution in [0.3, 0.4) is 0 Å². The highest BCUT2D eigenvalue weighted by Crippen LogP contribution is 2.30. The molecule has 190 valence electrons. The van der Waals surface area contributed by atoms with Crippen molar-refractivity contribution in [2.24, 2.45) is 0 Å². The predicted molar refractivity (Wildman–Crippen MR) is 137 cm³/mol. The summed E-state index contributed by atoms with van der Waals surface area (Å²) in [6.45, 7) is 1.57. The van der Waals surface area contributed by atoms with Crippen LogP contribution in [0.15, 0.2) is 65.3 Å². The smallest absolute Gasteiger partial charge is 0.251 e. The number of hydrogen-bond acceptors (Lipinski definition) is 7. The summed E-state index contributed by atoms with van der Waals surface area (Å²) in [6.07, 6.45) is 7.18. The number of rotatable bonds is 8. The fourth-order valence-corrected chi connectivity index (χ4v) is 4.64. The van der Waals surface area contributed by atoms with Gasteiger partial charge in [-0.25, -0.2) is 0 Å². The van der Waals surface area contributed by atoms with Gasteiger partial charge in [0.1, 0.15) is 18.3 Å². The number of aryl methyl sites for hydroxylation is 1. The summed E-state index contributed by atoms with van der Waals surface area (Å²) in [4.78, 5) is 34.3. The number of nitrogens with one attached hydrogen (secondary N) is 1. The molecule has 3 heterocycles. The van der Waals surface area contributed by atoms with Gasteiger partial charge in [0.25, 0.3) is 5.91 Å². The molecule has 4 aromatic rings. The van der Waals surface area contributed by atoms with Gasteiger partial charge >= 0.3 is 0 Å². The van der Waals surface area contributed by atoms with E-state index in [0.29, 0.717) is 27.8 Å². The number of benzene rings is 1. The first-order chi connectivity index (χ1) is 18.0. The summed E-state index contributed by atoms with van der Waals surface area (Å²) in [5.41, 5.74) is 1.15. The van der Waals surface area contributed by atoms with Gasteiger partial charge in [0.15, 0.2) is 5.76 Å². The first-order valence-corrected chi connectivity index (χ1v) is 12.5. The molecule has 0 aliphatic heterocycles. The summed E-state index contributed by atoms with van der Waals surface area (Å²) in [5, 5.41) is 16.0. The van der Waals surface area contributed by atoms with Crippen molar-refractivity contribution in [3.8, 4) is 11.6 Å². The first-order valence-electron chi connectivity index (χ1n) is 12.1. The van der Waals surface area contributed by atoms with Crippen molar-refractivity contribution in [2.75, 3.05) is 4.90 Å². The van der Waals surface area contributed by atoms with E-state index >= 15 is 0 Å². The molecule has 1 saturated carbocycles. The van der Waals surface area contributed by atoms with Gasteiger partial charge in [-0.15, -0.1) is 10.2 Å². The molecule has 0 bridgehead atoms. The molecule has 5 rings (SSSR count). The monoisotopic (exact) mass is 519 g/mol. The van der Waals surface area contributed by atoms with E-state index < -0.39 is 11.9 Å². The Morgan fingerprint density at radius 1 is 1.11 bits per heavy atom. The van der Waals surface area contributed by atoms with Crippen molar-refractivity contribution in [1.29, 1.82) is 0 Å². The third-order valence-electron chi connectivity index (χ3n) is 6.29. The molecule has 1 aromatic carbocycles. The van der Waals surface area contributed by atoms with Gasteiger partial charge in [-0.1, -0.05) is 24.4 Å². The second-order valence-corrected chi connectivity index (χ2v) is 9.40. The van der Waals surface area contributed by atoms with Crippen LogP contribution in [0.2, 0.25) is 5.02 Å². The molecule has 0 saturated heterocycles. The minimum absolute atomic E-state index is 0.0790. The van der Waals surface area contributed by atoms with E-state index in [2.05, 4.69) is 25.7 Å². The summed E-state index contributed by atoms with van der Waals surface area (Å²) in [5.74, 6) is 0.773. The normalized spacial score (nSPS) is 14.4. The first kappa shape index (κ1) is 24.6. The van der Waals surface area contributed by atoms with Crippen molar-refractivity contribution in [1.82, 2.24) is 30.5 Å². The van der Waals surface area contributed by atoms with Crippen LogP contribution in [0.1, 0.15) is 43.0 Å². The van der Waals surface area contributed by atoms with Gasteiger partial charge in [0.2, 0.25) is 11.7 Å². The Balaban J connectivity index is 1.49. The maximum atomic E-state index is 13.8. The summed E-state index contributed by atoms with van der Waals surface area (Å²) >= 11 is 6.13. The number of anilines is 1. The lowest BCUT2D eigenvalue weighted by Gasteiger charge is -2.32. The summed E-state index contributed by atoms with van der Waals surface area (Å²) in [6, 6.07) is 12.9. The van der Waals surface area contributed by atoms with E-state index in [1.54, 1.807) is 60.9 Å². The van der Waals surface area contributed by atoms with Crippen LogP contribution >= 0.6 is 11.6 Å². The lowest BCUT2D eigenvalue weighted by Crippen LogP contribution is -2.47. The molecule has 11 heteroatoms. The zero-order chi connectivity index (χ0) is 25.8. The van der Waals surface area contributed by atoms with Crippen LogP contribution < -0.4 is 10.2 Å². The van der Waals surface area contributed by atoms with Crippen LogP contribution in [0, 0.1) is 6.92 Å². The van der Waals surface area contributed by atoms with Crippen molar-refractivity contribution in [3.05, 3.63) is 77.3 Å². The Bertz CT molecular complexity index is 1360. The lowest BCUT2D eigenvalue weighted by molar-refractivity contribution is -0.127. The Labute approximate surface area is 218 Å². The third-order valence-corrected chi connectivity index (χ3v) is 6.55. The average Bonchev–Trinajstić information content (AvgIpc) is 3.66. The molecular formula is C26H26ClN7O3. The summed E-state index contributed by atoms with van der Waals surface area (Å²) in [7, 11) is 0. The molecule has 0 spiro atoms. The van der Waals surface area contributed by atoms with E-state index in [1.165, 1.54) is 9.70 Å². The minimum atomic E-state index is -0.937. The number of carbonyl (C=O) groups excluding carboxylic acids is 2. The number of pyridine rings is 1. The fraction of sp³-hybridized carbons (Fsp3) is 0.308. The Morgan fingerprint density at radius 3 is 2.51 bits per heavy atom. The molecule has 1 aliphatic carbocycles. The quantitative estimate of drug-likeness (QED) is 0.372. The van der Waals surface area contributed by atoms with Gasteiger partial charge in [-0.3, -0.25) is 19.5 Å². The third kappa shape index (κ3) is 5.69. The average molecular weight is 520 g/mol. The molecular weight excluding hydrogens is 494 g/mol. The largest absolute Gasteiger partial charge is 0.458 e. The molecule has 10 nitrogen and oxygen atoms in total. The van der Waals surface area contributed by atoms with Gasteiger partial charge in [-0.05, 0) is 79.1 Å². The van der Waals surface area contributed by atoms with E-state index in [9.17, 15) is 9.59 Å². The Morgan fingerprint density at radius 2 is 1.84 bits per heavy atom. The van der Waals surface area contributed by atoms with E-state index in [4.69, 9.17) is 16.0 Å². The number of hydrogen-bond donors (Lipinski definition) is 1. The molecule has 1 atom stereocenters. The van der Waals surface area contributed by atoms with Crippen LogP contribution in [0.4, 0.5) is 5.69 Å². The van der Waals surface area contributed by atoms with Crippen molar-refractivity contribution in [2.45, 2.75) is 51.2 Å². The van der Waals surface area contributed by atoms with Crippen molar-refractivity contribution >= 4 is 29.1 Å². The fourth-order valence-electron chi connectivity index (χ4n) is 4.51. The van der Waals surface area contributed by atoms with E-state index in [0.717, 1.165) is 25.7 Å². The number of amides is 2. The van der Waals surface area contributed by atoms with Crippen LogP contribution in [0.25, 0.3) is 11.6 Å². The second kappa shape index (κ2) is 10.9. The maximum absolute atomic E-state index is 13.8. The number of furan rings is 1. The van der Waals surface area contributed by atoms with Gasteiger partial charge in [0.05, 0.1) is 0 Å². The number of carbonyl (C=O) groups is 2. The molecule has 1 aliphatic rings. The molecule has 0 radical (unpaired) electrons. The topological polar surface area (TPSA) is 119 Å². The highest BCUT2D eigenvalue weighted by atomic mass is 35.5. The van der Waals surface area contributed by atoms with Gasteiger partial charge in [0, 0.05) is 29.1 Å². The number of tetrazole rings is 1. The molecule has 0 unspecified atom stereocenters. The zero-order valence-corrected chi connectivity index (χ0v) is 21.0. The summed E-state index contributed by atoms with van der Waals surface area (Å²) < 4.78 is 5.56. The number of nitrogens with zero attached hydrogens (tertiary/aromatic N) is 6. The van der Waals surface area contributed by atoms with Crippen LogP contribution in [-0.2, 0) is 16.1 Å². The molecule has 37 heavy (non-hydrogen) atoms. The Kier molecular flexibility index (Phi) is 7.27. The highest BCUT2D eigenvalue weighted by molar-refractivity contribution is 6.30. The van der Waals surface area contributed by atoms with Crippen LogP contribution in [-0.4, -0.2) is 43.0 Å². The molecule has 1 fully saturated rings. The maximum Gasteiger partial charge on any atom is 0.251 e. The standard InChI is InChI=1S/C26H26ClN7O3/c1-17-6-11-22(37-17)25-30-32-33(31-25)16-23(35)34(21-9-7-19(27)8-10-21)24(18-12-14-28-15-13-18)26(36)29-20-4-2-3-5-20/h6-15,20,24H,2-5,16H2,1H3,(H,29,36)/t24-/m1/s1. The molecule has 3 aromatic heterocycles. The van der Waals surface area contributed by atoms with E-state index in [1.807, 2.05) is 6.92 Å². The molecule has 1 N–H and O–H groups in total. The Hall–Kier alpha value is -4.05. The number of halogens is 1. The predicted octanol–water partition coefficient (Wildman–Crippen LogP) is 4.12. The van der Waals surface area contributed by atoms with Crippen molar-refractivity contribution in [3.63, 3.8) is 0 Å². The number of aromatic nitrogens is 5. The minimum Gasteiger partial charge on any atom is -0.458 e. The van der Waals surface area contributed by atoms with E-state index in [-0.39, 0.29) is 24.3 Å². The van der Waals surface area contributed by atoms with Crippen molar-refractivity contribution < 1.29 is 14.0 Å². The lowest BCUT2D eigenvalue weighted by atomic mass is 10.0. The SMILES string of the molecule is Cc1ccc(-c2nnn(CC(=O)N(c3ccc(Cl)cc3)[C@@H](C(=O)NC3CCCC3)c3ccncc3)n2)o1. The second-order valence-electron chi connectivity index (χ2n) is 8.97. The van der Waals surface area contributed by atoms with Gasteiger partial charge in [-0.2, -0.15) is 4.80 Å².